The van der Waals surface area contributed by atoms with Gasteiger partial charge < -0.3 is 0 Å². The van der Waals surface area contributed by atoms with Gasteiger partial charge in [-0.3, -0.25) is 0 Å². The molecule has 0 saturated heterocycles. The van der Waals surface area contributed by atoms with Crippen molar-refractivity contribution < 1.29 is 9.47 Å². The maximum absolute atomic E-state index is 5.56. The number of likely N-dealkylation sites (N-methyl/N-ethyl adjacent to an activating group) is 1. The van der Waals surface area contributed by atoms with Gasteiger partial charge in [-0.05, 0) is 0 Å². The van der Waals surface area contributed by atoms with E-state index in [1.165, 1.54) is 18.7 Å². The summed E-state index contributed by atoms with van der Waals surface area (Å²) >= 11 is -1.88. The summed E-state index contributed by atoms with van der Waals surface area (Å²) in [5.41, 5.74) is 2.53. The molecule has 5 heteroatoms. The molecule has 0 radical (unpaired) electrons. The van der Waals surface area contributed by atoms with E-state index < -0.39 is 19.3 Å². The Morgan fingerprint density at radius 2 is 1.71 bits per heavy atom. The number of para-hydroxylation sites is 1. The molecule has 0 aromatic heterocycles. The second-order valence-corrected chi connectivity index (χ2v) is 10.7. The van der Waals surface area contributed by atoms with Crippen molar-refractivity contribution in [2.24, 2.45) is 0 Å². The molecule has 0 amide bonds. The summed E-state index contributed by atoms with van der Waals surface area (Å²) < 4.78 is 16.4. The Kier molecular flexibility index (Phi) is 3.99. The molecule has 124 valence electrons. The average Bonchev–Trinajstić information content (AvgIpc) is 3.18. The second-order valence-electron chi connectivity index (χ2n) is 5.52. The third-order valence-corrected chi connectivity index (χ3v) is 10.6. The predicted molar refractivity (Wildman–Crippen MR) is 101 cm³/mol. The van der Waals surface area contributed by atoms with Gasteiger partial charge in [0.05, 0.1) is 0 Å². The van der Waals surface area contributed by atoms with Crippen LogP contribution >= 0.6 is 0 Å². The van der Waals surface area contributed by atoms with Crippen LogP contribution in [0.3, 0.4) is 0 Å². The Morgan fingerprint density at radius 1 is 1.00 bits per heavy atom. The van der Waals surface area contributed by atoms with Gasteiger partial charge >= 0.3 is 149 Å². The van der Waals surface area contributed by atoms with Crippen molar-refractivity contribution in [3.63, 3.8) is 0 Å². The number of rotatable bonds is 4. The molecular weight excluding hydrogens is 416 g/mol. The van der Waals surface area contributed by atoms with Crippen molar-refractivity contribution in [2.75, 3.05) is 28.8 Å². The van der Waals surface area contributed by atoms with Crippen LogP contribution in [0.2, 0.25) is 0 Å². The average molecular weight is 436 g/mol. The van der Waals surface area contributed by atoms with E-state index in [2.05, 4.69) is 69.7 Å². The molecule has 0 unspecified atom stereocenters. The number of ether oxygens (including phenoxy) is 2. The first-order chi connectivity index (χ1) is 11.8. The van der Waals surface area contributed by atoms with Crippen LogP contribution < -0.4 is 21.1 Å². The fourth-order valence-corrected chi connectivity index (χ4v) is 9.95. The van der Waals surface area contributed by atoms with Crippen LogP contribution in [-0.4, -0.2) is 43.8 Å². The van der Waals surface area contributed by atoms with Crippen molar-refractivity contribution in [2.45, 2.75) is 6.92 Å². The number of benzene rings is 2. The van der Waals surface area contributed by atoms with E-state index in [-0.39, 0.29) is 0 Å². The molecule has 0 bridgehead atoms. The molecule has 2 aliphatic rings. The normalized spacial score (nSPS) is 15.7. The Bertz CT molecular complexity index is 846. The fraction of sp³-hybridized carbons (Fsp3) is 0.211. The van der Waals surface area contributed by atoms with Crippen LogP contribution in [0, 0.1) is 0 Å². The predicted octanol–water partition coefficient (Wildman–Crippen LogP) is 2.49. The van der Waals surface area contributed by atoms with E-state index in [1.54, 1.807) is 14.2 Å². The number of hydrogen-bond donors (Lipinski definition) is 0. The Morgan fingerprint density at radius 3 is 2.38 bits per heavy atom. The van der Waals surface area contributed by atoms with Gasteiger partial charge in [-0.1, -0.05) is 0 Å². The van der Waals surface area contributed by atoms with Gasteiger partial charge in [0.1, 0.15) is 0 Å². The number of nitrogens with zero attached hydrogens (tertiary/aromatic N) is 2. The topological polar surface area (TPSA) is 24.9 Å². The summed E-state index contributed by atoms with van der Waals surface area (Å²) in [6.45, 7) is 3.16. The molecule has 2 aliphatic heterocycles. The standard InChI is InChI=1S/C19H20N2O2Te/c1-4-20-15-12-16(22-2)17(23-3)13-18(15)24-19(20)10-11-21(24)14-8-6-5-7-9-14/h5-13H,4H2,1-3H3. The van der Waals surface area contributed by atoms with Gasteiger partial charge in [-0.15, -0.1) is 0 Å². The zero-order chi connectivity index (χ0) is 16.7. The molecule has 2 aromatic rings. The van der Waals surface area contributed by atoms with E-state index in [0.29, 0.717) is 0 Å². The van der Waals surface area contributed by atoms with Crippen LogP contribution in [0.5, 0.6) is 11.5 Å². The van der Waals surface area contributed by atoms with Crippen molar-refractivity contribution >= 4 is 38.0 Å². The summed E-state index contributed by atoms with van der Waals surface area (Å²) in [5, 5.41) is 0. The quantitative estimate of drug-likeness (QED) is 0.689. The monoisotopic (exact) mass is 438 g/mol. The van der Waals surface area contributed by atoms with Crippen LogP contribution in [0.25, 0.3) is 0 Å². The number of methoxy groups -OCH3 is 2. The van der Waals surface area contributed by atoms with Crippen molar-refractivity contribution in [3.05, 3.63) is 54.7 Å². The van der Waals surface area contributed by atoms with Crippen LogP contribution in [0.15, 0.2) is 54.7 Å². The third-order valence-electron chi connectivity index (χ3n) is 4.30. The van der Waals surface area contributed by atoms with Gasteiger partial charge in [0.2, 0.25) is 0 Å². The Labute approximate surface area is 149 Å². The van der Waals surface area contributed by atoms with E-state index >= 15 is 0 Å². The molecule has 4 nitrogen and oxygen atoms in total. The maximum atomic E-state index is 5.56. The Balaban J connectivity index is 1.88. The zero-order valence-corrected chi connectivity index (χ0v) is 16.4. The molecule has 0 spiro atoms. The summed E-state index contributed by atoms with van der Waals surface area (Å²) in [5.74, 6) is 1.61. The molecule has 2 aromatic carbocycles. The van der Waals surface area contributed by atoms with Crippen LogP contribution in [0.4, 0.5) is 11.4 Å². The van der Waals surface area contributed by atoms with E-state index in [0.717, 1.165) is 18.0 Å². The Hall–Kier alpha value is -1.96. The SMILES string of the molecule is CCN1C2=[Te](c3cc(OC)c(OC)cc31)N(c1ccccc1)C=C2. The van der Waals surface area contributed by atoms with Crippen molar-refractivity contribution in [1.82, 2.24) is 0 Å². The van der Waals surface area contributed by atoms with Gasteiger partial charge in [0.25, 0.3) is 0 Å². The van der Waals surface area contributed by atoms with E-state index in [9.17, 15) is 0 Å². The summed E-state index contributed by atoms with van der Waals surface area (Å²) in [7, 11) is 3.40. The van der Waals surface area contributed by atoms with E-state index in [4.69, 9.17) is 9.47 Å². The van der Waals surface area contributed by atoms with Gasteiger partial charge in [0, 0.05) is 0 Å². The molecule has 0 fully saturated rings. The first-order valence-corrected chi connectivity index (χ1v) is 11.3. The zero-order valence-electron chi connectivity index (χ0n) is 14.0. The van der Waals surface area contributed by atoms with Crippen LogP contribution in [0.1, 0.15) is 6.92 Å². The van der Waals surface area contributed by atoms with Crippen molar-refractivity contribution in [1.29, 1.82) is 0 Å². The first-order valence-electron chi connectivity index (χ1n) is 7.96. The van der Waals surface area contributed by atoms with E-state index in [1.807, 2.05) is 0 Å². The molecule has 2 heterocycles. The van der Waals surface area contributed by atoms with Crippen LogP contribution in [-0.2, 0) is 0 Å². The summed E-state index contributed by atoms with van der Waals surface area (Å²) in [6.07, 6.45) is 4.52. The third kappa shape index (κ3) is 2.23. The van der Waals surface area contributed by atoms with Gasteiger partial charge in [-0.25, -0.2) is 0 Å². The first kappa shape index (κ1) is 15.6. The molecule has 4 rings (SSSR count). The molecule has 0 aliphatic carbocycles. The number of fused-ring (bicyclic) bond motifs is 2. The molecule has 0 atom stereocenters. The second kappa shape index (κ2) is 6.16. The van der Waals surface area contributed by atoms with Crippen molar-refractivity contribution in [3.8, 4) is 11.5 Å². The molecule has 24 heavy (non-hydrogen) atoms. The van der Waals surface area contributed by atoms with Gasteiger partial charge in [0.15, 0.2) is 0 Å². The molecular formula is C19H20N2O2Te. The minimum atomic E-state index is -1.88. The van der Waals surface area contributed by atoms with Gasteiger partial charge in [-0.2, -0.15) is 0 Å². The fourth-order valence-electron chi connectivity index (χ4n) is 3.20. The number of hydrogen-bond acceptors (Lipinski definition) is 4. The summed E-state index contributed by atoms with van der Waals surface area (Å²) in [4.78, 5) is 2.42. The minimum absolute atomic E-state index is 0.796. The number of anilines is 2. The molecule has 0 N–H and O–H groups in total. The summed E-state index contributed by atoms with van der Waals surface area (Å²) in [6, 6.07) is 14.9. The molecule has 0 saturated carbocycles.